The number of morpholine rings is 1. The second kappa shape index (κ2) is 9.62. The Morgan fingerprint density at radius 1 is 1.27 bits per heavy atom. The third-order valence-corrected chi connectivity index (χ3v) is 5.34. The van der Waals surface area contributed by atoms with E-state index in [1.807, 2.05) is 24.3 Å². The standard InChI is InChI=1S/C18H25BrN4O2S/c1-14(2)13-23-17(22-6-8-24-9-7-22)20-21-18(23)26-11-10-25-16-5-3-4-15(19)12-16/h3-5,12,14H,6-11,13H2,1-2H3. The zero-order chi connectivity index (χ0) is 18.4. The van der Waals surface area contributed by atoms with Gasteiger partial charge in [-0.25, -0.2) is 0 Å². The molecule has 3 rings (SSSR count). The Hall–Kier alpha value is -1.25. The van der Waals surface area contributed by atoms with E-state index in [9.17, 15) is 0 Å². The Kier molecular flexibility index (Phi) is 7.22. The van der Waals surface area contributed by atoms with Crippen LogP contribution in [-0.2, 0) is 11.3 Å². The van der Waals surface area contributed by atoms with Crippen LogP contribution < -0.4 is 9.64 Å². The van der Waals surface area contributed by atoms with Crippen LogP contribution >= 0.6 is 27.7 Å². The minimum atomic E-state index is 0.531. The van der Waals surface area contributed by atoms with Gasteiger partial charge in [-0.2, -0.15) is 0 Å². The summed E-state index contributed by atoms with van der Waals surface area (Å²) in [7, 11) is 0. The van der Waals surface area contributed by atoms with Crippen LogP contribution in [0.2, 0.25) is 0 Å². The fourth-order valence-corrected chi connectivity index (χ4v) is 3.90. The Labute approximate surface area is 167 Å². The fourth-order valence-electron chi connectivity index (χ4n) is 2.76. The number of ether oxygens (including phenoxy) is 2. The van der Waals surface area contributed by atoms with Gasteiger partial charge in [0.25, 0.3) is 0 Å². The lowest BCUT2D eigenvalue weighted by Crippen LogP contribution is -2.38. The number of hydrogen-bond donors (Lipinski definition) is 0. The summed E-state index contributed by atoms with van der Waals surface area (Å²) < 4.78 is 14.5. The lowest BCUT2D eigenvalue weighted by Gasteiger charge is -2.28. The molecule has 8 heteroatoms. The van der Waals surface area contributed by atoms with E-state index < -0.39 is 0 Å². The molecule has 0 bridgehead atoms. The van der Waals surface area contributed by atoms with Crippen LogP contribution in [0.15, 0.2) is 33.9 Å². The maximum atomic E-state index is 5.82. The molecule has 1 fully saturated rings. The molecule has 142 valence electrons. The zero-order valence-corrected chi connectivity index (χ0v) is 17.6. The zero-order valence-electron chi connectivity index (χ0n) is 15.2. The molecule has 0 amide bonds. The summed E-state index contributed by atoms with van der Waals surface area (Å²) in [5.41, 5.74) is 0. The molecule has 1 aromatic carbocycles. The van der Waals surface area contributed by atoms with E-state index in [0.29, 0.717) is 12.5 Å². The highest BCUT2D eigenvalue weighted by Gasteiger charge is 2.21. The molecule has 0 unspecified atom stereocenters. The summed E-state index contributed by atoms with van der Waals surface area (Å²) >= 11 is 5.15. The Morgan fingerprint density at radius 3 is 2.81 bits per heavy atom. The van der Waals surface area contributed by atoms with Crippen molar-refractivity contribution in [3.8, 4) is 5.75 Å². The first-order chi connectivity index (χ1) is 12.6. The fraction of sp³-hybridized carbons (Fsp3) is 0.556. The second-order valence-electron chi connectivity index (χ2n) is 6.54. The molecule has 0 aliphatic carbocycles. The number of thioether (sulfide) groups is 1. The van der Waals surface area contributed by atoms with Crippen molar-refractivity contribution in [2.75, 3.05) is 43.6 Å². The Bertz CT molecular complexity index is 704. The van der Waals surface area contributed by atoms with Crippen LogP contribution in [0.1, 0.15) is 13.8 Å². The maximum Gasteiger partial charge on any atom is 0.228 e. The molecule has 0 spiro atoms. The van der Waals surface area contributed by atoms with Crippen molar-refractivity contribution in [1.29, 1.82) is 0 Å². The first-order valence-corrected chi connectivity index (χ1v) is 10.7. The summed E-state index contributed by atoms with van der Waals surface area (Å²) in [5.74, 6) is 3.18. The van der Waals surface area contributed by atoms with E-state index in [-0.39, 0.29) is 0 Å². The third-order valence-electron chi connectivity index (χ3n) is 3.92. The number of benzene rings is 1. The van der Waals surface area contributed by atoms with Crippen molar-refractivity contribution in [3.63, 3.8) is 0 Å². The first kappa shape index (κ1) is 19.5. The maximum absolute atomic E-state index is 5.82. The lowest BCUT2D eigenvalue weighted by atomic mass is 10.2. The molecule has 26 heavy (non-hydrogen) atoms. The number of rotatable bonds is 8. The van der Waals surface area contributed by atoms with Gasteiger partial charge in [-0.05, 0) is 24.1 Å². The topological polar surface area (TPSA) is 52.4 Å². The monoisotopic (exact) mass is 440 g/mol. The second-order valence-corrected chi connectivity index (χ2v) is 8.52. The molecule has 0 N–H and O–H groups in total. The highest BCUT2D eigenvalue weighted by atomic mass is 79.9. The van der Waals surface area contributed by atoms with Gasteiger partial charge in [0.2, 0.25) is 5.95 Å². The van der Waals surface area contributed by atoms with Crippen molar-refractivity contribution < 1.29 is 9.47 Å². The van der Waals surface area contributed by atoms with Gasteiger partial charge >= 0.3 is 0 Å². The van der Waals surface area contributed by atoms with Gasteiger partial charge in [0.1, 0.15) is 5.75 Å². The summed E-state index contributed by atoms with van der Waals surface area (Å²) in [6.45, 7) is 9.20. The van der Waals surface area contributed by atoms with Gasteiger partial charge in [0.15, 0.2) is 5.16 Å². The van der Waals surface area contributed by atoms with Crippen LogP contribution in [0.5, 0.6) is 5.75 Å². The summed E-state index contributed by atoms with van der Waals surface area (Å²) in [6, 6.07) is 7.90. The Morgan fingerprint density at radius 2 is 2.08 bits per heavy atom. The van der Waals surface area contributed by atoms with Crippen molar-refractivity contribution in [1.82, 2.24) is 14.8 Å². The summed E-state index contributed by atoms with van der Waals surface area (Å²) in [6.07, 6.45) is 0. The predicted molar refractivity (Wildman–Crippen MR) is 108 cm³/mol. The molecule has 6 nitrogen and oxygen atoms in total. The van der Waals surface area contributed by atoms with Crippen LogP contribution in [-0.4, -0.2) is 53.4 Å². The molecule has 1 aromatic heterocycles. The first-order valence-electron chi connectivity index (χ1n) is 8.90. The summed E-state index contributed by atoms with van der Waals surface area (Å²) in [4.78, 5) is 2.26. The SMILES string of the molecule is CC(C)Cn1c(SCCOc2cccc(Br)c2)nnc1N1CCOCC1. The van der Waals surface area contributed by atoms with Crippen molar-refractivity contribution in [2.45, 2.75) is 25.5 Å². The molecular weight excluding hydrogens is 416 g/mol. The average Bonchev–Trinajstić information content (AvgIpc) is 3.01. The summed E-state index contributed by atoms with van der Waals surface area (Å²) in [5, 5.41) is 9.85. The minimum Gasteiger partial charge on any atom is -0.493 e. The molecule has 1 saturated heterocycles. The number of hydrogen-bond acceptors (Lipinski definition) is 6. The van der Waals surface area contributed by atoms with Crippen molar-refractivity contribution >= 4 is 33.6 Å². The van der Waals surface area contributed by atoms with E-state index in [0.717, 1.165) is 59.9 Å². The Balaban J connectivity index is 1.60. The largest absolute Gasteiger partial charge is 0.493 e. The average molecular weight is 441 g/mol. The van der Waals surface area contributed by atoms with E-state index in [2.05, 4.69) is 49.4 Å². The molecule has 0 saturated carbocycles. The van der Waals surface area contributed by atoms with Crippen LogP contribution in [0, 0.1) is 5.92 Å². The molecule has 0 atom stereocenters. The molecule has 2 heterocycles. The van der Waals surface area contributed by atoms with Gasteiger partial charge in [-0.3, -0.25) is 4.57 Å². The lowest BCUT2D eigenvalue weighted by molar-refractivity contribution is 0.121. The highest BCUT2D eigenvalue weighted by molar-refractivity contribution is 9.10. The smallest absolute Gasteiger partial charge is 0.228 e. The molecule has 1 aliphatic heterocycles. The van der Waals surface area contributed by atoms with E-state index in [1.54, 1.807) is 11.8 Å². The van der Waals surface area contributed by atoms with E-state index in [1.165, 1.54) is 0 Å². The number of anilines is 1. The number of halogens is 1. The quantitative estimate of drug-likeness (QED) is 0.460. The van der Waals surface area contributed by atoms with Crippen molar-refractivity contribution in [2.24, 2.45) is 5.92 Å². The van der Waals surface area contributed by atoms with Gasteiger partial charge < -0.3 is 14.4 Å². The van der Waals surface area contributed by atoms with Gasteiger partial charge in [0.05, 0.1) is 19.8 Å². The van der Waals surface area contributed by atoms with Crippen LogP contribution in [0.3, 0.4) is 0 Å². The van der Waals surface area contributed by atoms with E-state index in [4.69, 9.17) is 9.47 Å². The molecule has 0 radical (unpaired) electrons. The van der Waals surface area contributed by atoms with Crippen LogP contribution in [0.25, 0.3) is 0 Å². The van der Waals surface area contributed by atoms with Crippen LogP contribution in [0.4, 0.5) is 5.95 Å². The van der Waals surface area contributed by atoms with Gasteiger partial charge in [-0.15, -0.1) is 10.2 Å². The van der Waals surface area contributed by atoms with E-state index >= 15 is 0 Å². The normalized spacial score (nSPS) is 14.8. The van der Waals surface area contributed by atoms with Gasteiger partial charge in [-0.1, -0.05) is 47.6 Å². The molecule has 2 aromatic rings. The highest BCUT2D eigenvalue weighted by Crippen LogP contribution is 2.24. The minimum absolute atomic E-state index is 0.531. The molecular formula is C18H25BrN4O2S. The number of aromatic nitrogens is 3. The predicted octanol–water partition coefficient (Wildman–Crippen LogP) is 3.70. The number of nitrogens with zero attached hydrogens (tertiary/aromatic N) is 4. The third kappa shape index (κ3) is 5.37. The van der Waals surface area contributed by atoms with Gasteiger partial charge in [0, 0.05) is 29.9 Å². The van der Waals surface area contributed by atoms with Crippen molar-refractivity contribution in [3.05, 3.63) is 28.7 Å². The molecule has 1 aliphatic rings.